The minimum absolute atomic E-state index is 0.198. The van der Waals surface area contributed by atoms with Gasteiger partial charge in [-0.3, -0.25) is 0 Å². The first kappa shape index (κ1) is 10.6. The minimum atomic E-state index is 0.198. The van der Waals surface area contributed by atoms with Crippen molar-refractivity contribution in [3.63, 3.8) is 0 Å². The van der Waals surface area contributed by atoms with Crippen LogP contribution in [-0.4, -0.2) is 9.55 Å². The maximum absolute atomic E-state index is 5.90. The summed E-state index contributed by atoms with van der Waals surface area (Å²) in [7, 11) is 0. The van der Waals surface area contributed by atoms with Crippen molar-refractivity contribution in [1.82, 2.24) is 9.55 Å². The fourth-order valence-corrected chi connectivity index (χ4v) is 1.30. The average molecular weight is 191 g/mol. The molecule has 1 aromatic rings. The number of anilines is 1. The fraction of sp³-hybridized carbons (Fsp3) is 0.545. The largest absolute Gasteiger partial charge is 0.384 e. The second-order valence-electron chi connectivity index (χ2n) is 4.65. The second kappa shape index (κ2) is 3.75. The molecule has 0 aliphatic carbocycles. The summed E-state index contributed by atoms with van der Waals surface area (Å²) >= 11 is 0. The van der Waals surface area contributed by atoms with Crippen molar-refractivity contribution in [1.29, 1.82) is 0 Å². The number of imidazole rings is 1. The highest BCUT2D eigenvalue weighted by atomic mass is 15.1. The highest BCUT2D eigenvalue weighted by Crippen LogP contribution is 2.22. The Hall–Kier alpha value is -1.43. The van der Waals surface area contributed by atoms with Crippen molar-refractivity contribution in [2.75, 3.05) is 5.73 Å². The predicted molar refractivity (Wildman–Crippen MR) is 58.6 cm³/mol. The quantitative estimate of drug-likeness (QED) is 0.723. The van der Waals surface area contributed by atoms with Crippen LogP contribution in [0.1, 0.15) is 26.5 Å². The second-order valence-corrected chi connectivity index (χ2v) is 4.65. The Labute approximate surface area is 85.3 Å². The Morgan fingerprint density at radius 1 is 1.57 bits per heavy atom. The fourth-order valence-electron chi connectivity index (χ4n) is 1.30. The summed E-state index contributed by atoms with van der Waals surface area (Å²) in [6, 6.07) is 0. The first-order valence-corrected chi connectivity index (χ1v) is 4.67. The van der Waals surface area contributed by atoms with E-state index in [2.05, 4.69) is 31.7 Å². The molecule has 0 aliphatic heterocycles. The third-order valence-electron chi connectivity index (χ3n) is 1.92. The molecule has 1 rings (SSSR count). The smallest absolute Gasteiger partial charge is 0.127 e. The van der Waals surface area contributed by atoms with Crippen molar-refractivity contribution >= 4 is 5.82 Å². The highest BCUT2D eigenvalue weighted by molar-refractivity contribution is 5.37. The molecule has 0 saturated carbocycles. The van der Waals surface area contributed by atoms with E-state index in [0.29, 0.717) is 12.4 Å². The predicted octanol–water partition coefficient (Wildman–Crippen LogP) is 1.69. The van der Waals surface area contributed by atoms with Crippen LogP contribution in [0.3, 0.4) is 0 Å². The molecule has 0 unspecified atom stereocenters. The van der Waals surface area contributed by atoms with Gasteiger partial charge in [0.25, 0.3) is 0 Å². The van der Waals surface area contributed by atoms with E-state index >= 15 is 0 Å². The Bertz CT molecular complexity index is 350. The first-order chi connectivity index (χ1) is 6.44. The SMILES string of the molecule is C#CCn1cnc(CC(C)(C)C)c1N. The van der Waals surface area contributed by atoms with Crippen LogP contribution in [0.25, 0.3) is 0 Å². The van der Waals surface area contributed by atoms with Gasteiger partial charge in [0, 0.05) is 0 Å². The molecule has 0 fully saturated rings. The van der Waals surface area contributed by atoms with Crippen LogP contribution in [0.2, 0.25) is 0 Å². The monoisotopic (exact) mass is 191 g/mol. The third kappa shape index (κ3) is 2.53. The van der Waals surface area contributed by atoms with Gasteiger partial charge in [0.2, 0.25) is 0 Å². The lowest BCUT2D eigenvalue weighted by Crippen LogP contribution is -2.11. The molecule has 0 radical (unpaired) electrons. The number of nitrogen functional groups attached to an aromatic ring is 1. The molecule has 3 nitrogen and oxygen atoms in total. The molecule has 0 atom stereocenters. The lowest BCUT2D eigenvalue weighted by atomic mass is 9.90. The van der Waals surface area contributed by atoms with Crippen LogP contribution < -0.4 is 5.73 Å². The van der Waals surface area contributed by atoms with Crippen molar-refractivity contribution in [3.8, 4) is 12.3 Å². The molecule has 3 heteroatoms. The van der Waals surface area contributed by atoms with E-state index < -0.39 is 0 Å². The van der Waals surface area contributed by atoms with Crippen LogP contribution >= 0.6 is 0 Å². The number of aromatic nitrogens is 2. The maximum Gasteiger partial charge on any atom is 0.127 e. The molecule has 0 aromatic carbocycles. The molecule has 0 amide bonds. The molecular formula is C11H17N3. The van der Waals surface area contributed by atoms with Crippen LogP contribution in [0.5, 0.6) is 0 Å². The van der Waals surface area contributed by atoms with E-state index in [1.807, 2.05) is 0 Å². The van der Waals surface area contributed by atoms with Gasteiger partial charge in [-0.05, 0) is 11.8 Å². The lowest BCUT2D eigenvalue weighted by molar-refractivity contribution is 0.407. The van der Waals surface area contributed by atoms with Crippen molar-refractivity contribution in [3.05, 3.63) is 12.0 Å². The number of terminal acetylenes is 1. The first-order valence-electron chi connectivity index (χ1n) is 4.67. The number of nitrogens with zero attached hydrogens (tertiary/aromatic N) is 2. The molecule has 1 aromatic heterocycles. The Morgan fingerprint density at radius 3 is 2.71 bits per heavy atom. The van der Waals surface area contributed by atoms with E-state index in [4.69, 9.17) is 12.2 Å². The summed E-state index contributed by atoms with van der Waals surface area (Å²) in [6.45, 7) is 6.97. The molecule has 1 heterocycles. The number of rotatable bonds is 2. The summed E-state index contributed by atoms with van der Waals surface area (Å²) in [6.07, 6.45) is 7.79. The van der Waals surface area contributed by atoms with Gasteiger partial charge in [0.05, 0.1) is 18.6 Å². The lowest BCUT2D eigenvalue weighted by Gasteiger charge is -2.16. The minimum Gasteiger partial charge on any atom is -0.384 e. The van der Waals surface area contributed by atoms with E-state index in [9.17, 15) is 0 Å². The summed E-state index contributed by atoms with van der Waals surface area (Å²) in [4.78, 5) is 4.26. The third-order valence-corrected chi connectivity index (χ3v) is 1.92. The normalized spacial score (nSPS) is 11.3. The molecule has 2 N–H and O–H groups in total. The molecule has 0 saturated heterocycles. The summed E-state index contributed by atoms with van der Waals surface area (Å²) in [5.74, 6) is 3.24. The van der Waals surface area contributed by atoms with E-state index in [0.717, 1.165) is 12.1 Å². The van der Waals surface area contributed by atoms with Crippen LogP contribution in [-0.2, 0) is 13.0 Å². The van der Waals surface area contributed by atoms with Crippen molar-refractivity contribution in [2.45, 2.75) is 33.7 Å². The molecule has 0 spiro atoms. The zero-order chi connectivity index (χ0) is 10.8. The number of hydrogen-bond acceptors (Lipinski definition) is 2. The Kier molecular flexibility index (Phi) is 2.85. The topological polar surface area (TPSA) is 43.8 Å². The highest BCUT2D eigenvalue weighted by Gasteiger charge is 2.16. The number of nitrogens with two attached hydrogens (primary N) is 1. The molecule has 14 heavy (non-hydrogen) atoms. The van der Waals surface area contributed by atoms with Gasteiger partial charge in [-0.15, -0.1) is 6.42 Å². The van der Waals surface area contributed by atoms with Crippen molar-refractivity contribution < 1.29 is 0 Å². The summed E-state index contributed by atoms with van der Waals surface area (Å²) in [5, 5.41) is 0. The van der Waals surface area contributed by atoms with Gasteiger partial charge in [-0.25, -0.2) is 4.98 Å². The van der Waals surface area contributed by atoms with E-state index in [1.165, 1.54) is 0 Å². The maximum atomic E-state index is 5.90. The summed E-state index contributed by atoms with van der Waals surface area (Å²) < 4.78 is 1.79. The Balaban J connectivity index is 2.86. The van der Waals surface area contributed by atoms with Crippen molar-refractivity contribution in [2.24, 2.45) is 5.41 Å². The van der Waals surface area contributed by atoms with Gasteiger partial charge >= 0.3 is 0 Å². The number of hydrogen-bond donors (Lipinski definition) is 1. The van der Waals surface area contributed by atoms with Gasteiger partial charge in [-0.1, -0.05) is 26.7 Å². The van der Waals surface area contributed by atoms with Gasteiger partial charge in [0.15, 0.2) is 0 Å². The molecular weight excluding hydrogens is 174 g/mol. The van der Waals surface area contributed by atoms with Gasteiger partial charge in [0.1, 0.15) is 5.82 Å². The van der Waals surface area contributed by atoms with Crippen LogP contribution in [0, 0.1) is 17.8 Å². The standard InChI is InChI=1S/C11H17N3/c1-5-6-14-8-13-9(10(14)12)7-11(2,3)4/h1,8H,6-7,12H2,2-4H3. The van der Waals surface area contributed by atoms with Crippen LogP contribution in [0.4, 0.5) is 5.82 Å². The van der Waals surface area contributed by atoms with Gasteiger partial charge in [-0.2, -0.15) is 0 Å². The zero-order valence-electron chi connectivity index (χ0n) is 9.04. The average Bonchev–Trinajstić information content (AvgIpc) is 2.34. The summed E-state index contributed by atoms with van der Waals surface area (Å²) in [5.41, 5.74) is 7.04. The van der Waals surface area contributed by atoms with E-state index in [-0.39, 0.29) is 5.41 Å². The van der Waals surface area contributed by atoms with E-state index in [1.54, 1.807) is 10.9 Å². The Morgan fingerprint density at radius 2 is 2.21 bits per heavy atom. The molecule has 76 valence electrons. The van der Waals surface area contributed by atoms with Gasteiger partial charge < -0.3 is 10.3 Å². The molecule has 0 aliphatic rings. The zero-order valence-corrected chi connectivity index (χ0v) is 9.04. The van der Waals surface area contributed by atoms with Crippen LogP contribution in [0.15, 0.2) is 6.33 Å². The molecule has 0 bridgehead atoms.